The second kappa shape index (κ2) is 12.7. The molecule has 1 aromatic heterocycles. The van der Waals surface area contributed by atoms with Crippen LogP contribution in [0.1, 0.15) is 18.5 Å². The monoisotopic (exact) mass is 564 g/mol. The first kappa shape index (κ1) is 27.9. The fourth-order valence-electron chi connectivity index (χ4n) is 5.43. The van der Waals surface area contributed by atoms with E-state index in [1.807, 2.05) is 67.6 Å². The van der Waals surface area contributed by atoms with Crippen molar-refractivity contribution >= 4 is 27.8 Å². The molecule has 4 aromatic carbocycles. The summed E-state index contributed by atoms with van der Waals surface area (Å²) < 4.78 is 11.8. The number of hydrogen-bond acceptors (Lipinski definition) is 7. The number of β-amino-alcohol motifs (C(OH)–C–C–N with tert-alkyl or cyclic N) is 1. The van der Waals surface area contributed by atoms with E-state index in [1.165, 1.54) is 10.8 Å². The number of hydrogen-bond donors (Lipinski definition) is 2. The lowest BCUT2D eigenvalue weighted by Crippen LogP contribution is -2.51. The molecule has 1 fully saturated rings. The lowest BCUT2D eigenvalue weighted by molar-refractivity contribution is -0.123. The van der Waals surface area contributed by atoms with Crippen LogP contribution in [0.5, 0.6) is 5.75 Å². The highest BCUT2D eigenvalue weighted by Crippen LogP contribution is 2.27. The number of carbonyl (C=O) groups is 1. The van der Waals surface area contributed by atoms with Crippen molar-refractivity contribution in [3.05, 3.63) is 96.6 Å². The Hall–Kier alpha value is -4.24. The fourth-order valence-corrected chi connectivity index (χ4v) is 5.43. The molecule has 1 unspecified atom stereocenters. The lowest BCUT2D eigenvalue weighted by Gasteiger charge is -2.35. The molecule has 216 valence electrons. The van der Waals surface area contributed by atoms with Crippen molar-refractivity contribution in [1.82, 2.24) is 20.1 Å². The number of ether oxygens (including phenoxy) is 1. The van der Waals surface area contributed by atoms with E-state index in [0.29, 0.717) is 35.8 Å². The summed E-state index contributed by atoms with van der Waals surface area (Å²) in [6, 6.07) is 29.8. The number of oxazole rings is 1. The first-order valence-corrected chi connectivity index (χ1v) is 14.5. The SMILES string of the molecule is C[C@H](NC(=O)CN1CCN(CC(O)COc2ccc3oc(-c4ccccc4)nc3c2)CC1)c1ccc2ccccc2c1. The molecule has 8 heteroatoms. The minimum atomic E-state index is -0.629. The summed E-state index contributed by atoms with van der Waals surface area (Å²) in [4.78, 5) is 21.7. The lowest BCUT2D eigenvalue weighted by atomic mass is 10.0. The van der Waals surface area contributed by atoms with E-state index in [0.717, 1.165) is 37.3 Å². The normalized spacial score (nSPS) is 16.0. The zero-order chi connectivity index (χ0) is 28.9. The number of amides is 1. The molecule has 5 aromatic rings. The highest BCUT2D eigenvalue weighted by atomic mass is 16.5. The van der Waals surface area contributed by atoms with E-state index in [2.05, 4.69) is 50.4 Å². The highest BCUT2D eigenvalue weighted by Gasteiger charge is 2.22. The fraction of sp³-hybridized carbons (Fsp3) is 0.294. The van der Waals surface area contributed by atoms with Crippen LogP contribution >= 0.6 is 0 Å². The van der Waals surface area contributed by atoms with Gasteiger partial charge in [0.25, 0.3) is 0 Å². The first-order chi connectivity index (χ1) is 20.5. The van der Waals surface area contributed by atoms with Gasteiger partial charge in [-0.25, -0.2) is 4.98 Å². The van der Waals surface area contributed by atoms with Crippen molar-refractivity contribution in [2.45, 2.75) is 19.1 Å². The van der Waals surface area contributed by atoms with Gasteiger partial charge in [0.15, 0.2) is 5.58 Å². The van der Waals surface area contributed by atoms with Gasteiger partial charge >= 0.3 is 0 Å². The largest absolute Gasteiger partial charge is 0.491 e. The Kier molecular flexibility index (Phi) is 8.46. The van der Waals surface area contributed by atoms with Gasteiger partial charge in [-0.1, -0.05) is 54.6 Å². The van der Waals surface area contributed by atoms with Crippen LogP contribution in [0.2, 0.25) is 0 Å². The van der Waals surface area contributed by atoms with Crippen molar-refractivity contribution in [1.29, 1.82) is 0 Å². The van der Waals surface area contributed by atoms with Crippen LogP contribution in [-0.2, 0) is 4.79 Å². The molecule has 2 heterocycles. The van der Waals surface area contributed by atoms with Gasteiger partial charge < -0.3 is 19.6 Å². The summed E-state index contributed by atoms with van der Waals surface area (Å²) >= 11 is 0. The van der Waals surface area contributed by atoms with Crippen molar-refractivity contribution in [2.24, 2.45) is 0 Å². The van der Waals surface area contributed by atoms with Crippen molar-refractivity contribution in [3.8, 4) is 17.2 Å². The van der Waals surface area contributed by atoms with Crippen LogP contribution in [0.15, 0.2) is 95.4 Å². The molecule has 2 atom stereocenters. The van der Waals surface area contributed by atoms with Gasteiger partial charge in [0.2, 0.25) is 11.8 Å². The van der Waals surface area contributed by atoms with Crippen molar-refractivity contribution in [2.75, 3.05) is 45.9 Å². The standard InChI is InChI=1S/C34H36N4O4/c1-24(27-12-11-25-7-5-6-10-28(25)19-27)35-33(40)22-38-17-15-37(16-18-38)21-29(39)23-41-30-13-14-32-31(20-30)36-34(42-32)26-8-3-2-4-9-26/h2-14,19-20,24,29,39H,15-18,21-23H2,1H3,(H,35,40)/t24-,29?/m0/s1. The third-order valence-electron chi connectivity index (χ3n) is 7.77. The number of piperazine rings is 1. The van der Waals surface area contributed by atoms with Crippen LogP contribution in [0.4, 0.5) is 0 Å². The van der Waals surface area contributed by atoms with Crippen LogP contribution in [0.25, 0.3) is 33.3 Å². The second-order valence-corrected chi connectivity index (χ2v) is 11.0. The van der Waals surface area contributed by atoms with Crippen molar-refractivity contribution < 1.29 is 19.1 Å². The number of rotatable bonds is 10. The predicted molar refractivity (Wildman–Crippen MR) is 164 cm³/mol. The number of aliphatic hydroxyl groups is 1. The number of aliphatic hydroxyl groups excluding tert-OH is 1. The predicted octanol–water partition coefficient (Wildman–Crippen LogP) is 4.88. The van der Waals surface area contributed by atoms with Gasteiger partial charge in [0.05, 0.1) is 12.6 Å². The molecule has 42 heavy (non-hydrogen) atoms. The van der Waals surface area contributed by atoms with E-state index >= 15 is 0 Å². The molecule has 0 saturated carbocycles. The minimum absolute atomic E-state index is 0.0255. The summed E-state index contributed by atoms with van der Waals surface area (Å²) in [7, 11) is 0. The molecule has 0 radical (unpaired) electrons. The summed E-state index contributed by atoms with van der Waals surface area (Å²) in [5, 5.41) is 16.1. The quantitative estimate of drug-likeness (QED) is 0.250. The third-order valence-corrected chi connectivity index (χ3v) is 7.77. The molecule has 8 nitrogen and oxygen atoms in total. The Labute approximate surface area is 245 Å². The Morgan fingerprint density at radius 1 is 0.929 bits per heavy atom. The Morgan fingerprint density at radius 2 is 1.67 bits per heavy atom. The Morgan fingerprint density at radius 3 is 2.48 bits per heavy atom. The molecular weight excluding hydrogens is 528 g/mol. The average Bonchev–Trinajstić information content (AvgIpc) is 3.45. The molecule has 0 spiro atoms. The number of carbonyl (C=O) groups excluding carboxylic acids is 1. The van der Waals surface area contributed by atoms with Crippen molar-refractivity contribution in [3.63, 3.8) is 0 Å². The number of aromatic nitrogens is 1. The molecular formula is C34H36N4O4. The van der Waals surface area contributed by atoms with Crippen LogP contribution < -0.4 is 10.1 Å². The molecule has 6 rings (SSSR count). The van der Waals surface area contributed by atoms with E-state index in [-0.39, 0.29) is 18.6 Å². The maximum absolute atomic E-state index is 12.8. The summed E-state index contributed by atoms with van der Waals surface area (Å²) in [6.45, 7) is 6.22. The minimum Gasteiger partial charge on any atom is -0.491 e. The number of benzene rings is 4. The number of fused-ring (bicyclic) bond motifs is 2. The summed E-state index contributed by atoms with van der Waals surface area (Å²) in [6.07, 6.45) is -0.629. The molecule has 1 amide bonds. The zero-order valence-electron chi connectivity index (χ0n) is 23.8. The first-order valence-electron chi connectivity index (χ1n) is 14.5. The topological polar surface area (TPSA) is 91.1 Å². The highest BCUT2D eigenvalue weighted by molar-refractivity contribution is 5.83. The number of nitrogens with one attached hydrogen (secondary N) is 1. The summed E-state index contributed by atoms with van der Waals surface area (Å²) in [5.41, 5.74) is 3.42. The van der Waals surface area contributed by atoms with Gasteiger partial charge in [-0.3, -0.25) is 14.6 Å². The maximum Gasteiger partial charge on any atom is 0.234 e. The molecule has 2 N–H and O–H groups in total. The van der Waals surface area contributed by atoms with Crippen LogP contribution in [0, 0.1) is 0 Å². The van der Waals surface area contributed by atoms with E-state index in [9.17, 15) is 9.90 Å². The zero-order valence-corrected chi connectivity index (χ0v) is 23.8. The maximum atomic E-state index is 12.8. The second-order valence-electron chi connectivity index (χ2n) is 11.0. The molecule has 0 aliphatic carbocycles. The smallest absolute Gasteiger partial charge is 0.234 e. The van der Waals surface area contributed by atoms with Gasteiger partial charge in [0.1, 0.15) is 24.0 Å². The molecule has 1 saturated heterocycles. The summed E-state index contributed by atoms with van der Waals surface area (Å²) in [5.74, 6) is 1.24. The van der Waals surface area contributed by atoms with E-state index in [1.54, 1.807) is 0 Å². The van der Waals surface area contributed by atoms with Crippen LogP contribution in [0.3, 0.4) is 0 Å². The van der Waals surface area contributed by atoms with E-state index < -0.39 is 6.10 Å². The van der Waals surface area contributed by atoms with Gasteiger partial charge in [0, 0.05) is 44.4 Å². The van der Waals surface area contributed by atoms with Gasteiger partial charge in [-0.2, -0.15) is 0 Å². The third kappa shape index (κ3) is 6.79. The van der Waals surface area contributed by atoms with Crippen LogP contribution in [-0.4, -0.2) is 77.8 Å². The van der Waals surface area contributed by atoms with Gasteiger partial charge in [-0.15, -0.1) is 0 Å². The Balaban J connectivity index is 0.926. The number of nitrogens with zero attached hydrogens (tertiary/aromatic N) is 3. The van der Waals surface area contributed by atoms with E-state index in [4.69, 9.17) is 9.15 Å². The Bertz CT molecular complexity index is 1650. The molecule has 1 aliphatic heterocycles. The molecule has 1 aliphatic rings. The van der Waals surface area contributed by atoms with Gasteiger partial charge in [-0.05, 0) is 53.6 Å². The molecule has 0 bridgehead atoms. The average molecular weight is 565 g/mol.